The molecule has 0 amide bonds. The summed E-state index contributed by atoms with van der Waals surface area (Å²) in [5, 5.41) is 3.21. The number of rotatable bonds is 3. The first-order valence-corrected chi connectivity index (χ1v) is 7.83. The second kappa shape index (κ2) is 4.79. The van der Waals surface area contributed by atoms with Crippen molar-refractivity contribution in [2.75, 3.05) is 18.2 Å². The summed E-state index contributed by atoms with van der Waals surface area (Å²) in [6, 6.07) is 10.4. The summed E-state index contributed by atoms with van der Waals surface area (Å²) in [6.45, 7) is 0. The molecule has 0 fully saturated rings. The molecule has 0 radical (unpaired) electrons. The highest BCUT2D eigenvalue weighted by Gasteiger charge is 2.34. The van der Waals surface area contributed by atoms with E-state index in [0.717, 1.165) is 11.3 Å². The van der Waals surface area contributed by atoms with Crippen LogP contribution >= 0.6 is 0 Å². The van der Waals surface area contributed by atoms with E-state index in [2.05, 4.69) is 10.3 Å². The first-order valence-electron chi connectivity index (χ1n) is 6.18. The maximum Gasteiger partial charge on any atom is 0.213 e. The third kappa shape index (κ3) is 2.22. The number of benzene rings is 1. The molecule has 1 aromatic heterocycles. The van der Waals surface area contributed by atoms with Crippen molar-refractivity contribution < 1.29 is 13.2 Å². The van der Waals surface area contributed by atoms with Gasteiger partial charge in [0.15, 0.2) is 9.84 Å². The Bertz CT molecular complexity index is 726. The number of fused-ring (bicyclic) bond motifs is 1. The zero-order chi connectivity index (χ0) is 14.2. The molecule has 2 heterocycles. The van der Waals surface area contributed by atoms with Crippen LogP contribution in [0.15, 0.2) is 47.5 Å². The van der Waals surface area contributed by atoms with Gasteiger partial charge in [0.25, 0.3) is 0 Å². The van der Waals surface area contributed by atoms with Crippen LogP contribution in [-0.4, -0.2) is 26.3 Å². The molecular formula is C14H14N2O3S. The van der Waals surface area contributed by atoms with Crippen LogP contribution in [0, 0.1) is 0 Å². The molecule has 3 rings (SSSR count). The number of aromatic nitrogens is 1. The number of sulfone groups is 1. The van der Waals surface area contributed by atoms with Crippen LogP contribution in [0.5, 0.6) is 5.88 Å². The van der Waals surface area contributed by atoms with Gasteiger partial charge >= 0.3 is 0 Å². The minimum Gasteiger partial charge on any atom is -0.481 e. The van der Waals surface area contributed by atoms with Crippen molar-refractivity contribution in [3.05, 3.63) is 48.2 Å². The zero-order valence-corrected chi connectivity index (χ0v) is 11.7. The summed E-state index contributed by atoms with van der Waals surface area (Å²) >= 11 is 0. The van der Waals surface area contributed by atoms with Crippen molar-refractivity contribution in [3.63, 3.8) is 0 Å². The molecule has 1 unspecified atom stereocenters. The number of pyridine rings is 1. The Hall–Kier alpha value is -2.08. The molecule has 1 N–H and O–H groups in total. The summed E-state index contributed by atoms with van der Waals surface area (Å²) in [6.07, 6.45) is 1.63. The number of anilines is 1. The standard InChI is InChI=1S/C14H14N2O3S/c1-19-14-7-6-10(8-15-14)16-12-9-20(17,18)13-5-3-2-4-11(12)13/h2-8,12,16H,9H2,1H3. The topological polar surface area (TPSA) is 68.3 Å². The van der Waals surface area contributed by atoms with Gasteiger partial charge in [0.05, 0.1) is 35.7 Å². The molecule has 1 aliphatic heterocycles. The molecule has 20 heavy (non-hydrogen) atoms. The number of methoxy groups -OCH3 is 1. The molecule has 0 bridgehead atoms. The molecule has 5 nitrogen and oxygen atoms in total. The third-order valence-corrected chi connectivity index (χ3v) is 5.12. The van der Waals surface area contributed by atoms with Crippen LogP contribution in [0.3, 0.4) is 0 Å². The van der Waals surface area contributed by atoms with Crippen LogP contribution in [0.1, 0.15) is 11.6 Å². The first kappa shape index (κ1) is 12.9. The fourth-order valence-electron chi connectivity index (χ4n) is 2.36. The molecule has 2 aromatic rings. The Morgan fingerprint density at radius 1 is 1.25 bits per heavy atom. The second-order valence-corrected chi connectivity index (χ2v) is 6.61. The average Bonchev–Trinajstić information content (AvgIpc) is 2.72. The van der Waals surface area contributed by atoms with E-state index >= 15 is 0 Å². The number of hydrogen-bond acceptors (Lipinski definition) is 5. The van der Waals surface area contributed by atoms with Crippen LogP contribution < -0.4 is 10.1 Å². The quantitative estimate of drug-likeness (QED) is 0.936. The van der Waals surface area contributed by atoms with Crippen LogP contribution in [0.4, 0.5) is 5.69 Å². The van der Waals surface area contributed by atoms with Gasteiger partial charge < -0.3 is 10.1 Å². The number of nitrogens with one attached hydrogen (secondary N) is 1. The molecule has 0 saturated carbocycles. The number of nitrogens with zero attached hydrogens (tertiary/aromatic N) is 1. The Morgan fingerprint density at radius 3 is 2.75 bits per heavy atom. The monoisotopic (exact) mass is 290 g/mol. The van der Waals surface area contributed by atoms with Crippen molar-refractivity contribution in [2.45, 2.75) is 10.9 Å². The zero-order valence-electron chi connectivity index (χ0n) is 10.9. The Kier molecular flexibility index (Phi) is 3.10. The highest BCUT2D eigenvalue weighted by Crippen LogP contribution is 2.35. The SMILES string of the molecule is COc1ccc(NC2CS(=O)(=O)c3ccccc32)cn1. The summed E-state index contributed by atoms with van der Waals surface area (Å²) in [5.41, 5.74) is 1.58. The van der Waals surface area contributed by atoms with E-state index in [0.29, 0.717) is 10.8 Å². The normalized spacial score (nSPS) is 19.4. The van der Waals surface area contributed by atoms with Crippen LogP contribution in [0.2, 0.25) is 0 Å². The molecular weight excluding hydrogens is 276 g/mol. The highest BCUT2D eigenvalue weighted by molar-refractivity contribution is 7.91. The Morgan fingerprint density at radius 2 is 2.05 bits per heavy atom. The lowest BCUT2D eigenvalue weighted by Crippen LogP contribution is -2.13. The Balaban J connectivity index is 1.89. The van der Waals surface area contributed by atoms with Gasteiger partial charge in [-0.15, -0.1) is 0 Å². The van der Waals surface area contributed by atoms with Gasteiger partial charge in [-0.2, -0.15) is 0 Å². The predicted molar refractivity (Wildman–Crippen MR) is 75.6 cm³/mol. The minimum absolute atomic E-state index is 0.0678. The lowest BCUT2D eigenvalue weighted by Gasteiger charge is -2.14. The minimum atomic E-state index is -3.20. The van der Waals surface area contributed by atoms with Gasteiger partial charge in [-0.3, -0.25) is 0 Å². The van der Waals surface area contributed by atoms with Crippen molar-refractivity contribution >= 4 is 15.5 Å². The molecule has 1 aromatic carbocycles. The second-order valence-electron chi connectivity index (χ2n) is 4.61. The largest absolute Gasteiger partial charge is 0.481 e. The summed E-state index contributed by atoms with van der Waals surface area (Å²) < 4.78 is 29.2. The van der Waals surface area contributed by atoms with Gasteiger partial charge in [0.1, 0.15) is 0 Å². The van der Waals surface area contributed by atoms with E-state index < -0.39 is 9.84 Å². The maximum absolute atomic E-state index is 12.1. The van der Waals surface area contributed by atoms with Gasteiger partial charge in [-0.1, -0.05) is 18.2 Å². The number of hydrogen-bond donors (Lipinski definition) is 1. The van der Waals surface area contributed by atoms with Crippen molar-refractivity contribution in [1.29, 1.82) is 0 Å². The van der Waals surface area contributed by atoms with E-state index in [-0.39, 0.29) is 11.8 Å². The average molecular weight is 290 g/mol. The molecule has 104 valence electrons. The van der Waals surface area contributed by atoms with E-state index in [9.17, 15) is 8.42 Å². The van der Waals surface area contributed by atoms with Crippen LogP contribution in [-0.2, 0) is 9.84 Å². The molecule has 0 spiro atoms. The third-order valence-electron chi connectivity index (χ3n) is 3.30. The van der Waals surface area contributed by atoms with E-state index in [1.54, 1.807) is 31.5 Å². The molecule has 0 saturated heterocycles. The lowest BCUT2D eigenvalue weighted by atomic mass is 10.1. The summed E-state index contributed by atoms with van der Waals surface area (Å²) in [5.74, 6) is 0.591. The highest BCUT2D eigenvalue weighted by atomic mass is 32.2. The molecule has 0 aliphatic carbocycles. The van der Waals surface area contributed by atoms with Gasteiger partial charge in [0, 0.05) is 6.07 Å². The fourth-order valence-corrected chi connectivity index (χ4v) is 4.09. The van der Waals surface area contributed by atoms with Crippen LogP contribution in [0.25, 0.3) is 0 Å². The molecule has 1 atom stereocenters. The van der Waals surface area contributed by atoms with Crippen molar-refractivity contribution in [3.8, 4) is 5.88 Å². The van der Waals surface area contributed by atoms with Gasteiger partial charge in [0.2, 0.25) is 5.88 Å². The molecule has 6 heteroatoms. The lowest BCUT2D eigenvalue weighted by molar-refractivity contribution is 0.398. The summed E-state index contributed by atoms with van der Waals surface area (Å²) in [4.78, 5) is 4.51. The van der Waals surface area contributed by atoms with Crippen molar-refractivity contribution in [2.24, 2.45) is 0 Å². The van der Waals surface area contributed by atoms with E-state index in [1.807, 2.05) is 18.2 Å². The first-order chi connectivity index (χ1) is 9.60. The van der Waals surface area contributed by atoms with Crippen molar-refractivity contribution in [1.82, 2.24) is 4.98 Å². The van der Waals surface area contributed by atoms with E-state index in [4.69, 9.17) is 4.74 Å². The number of ether oxygens (including phenoxy) is 1. The fraction of sp³-hybridized carbons (Fsp3) is 0.214. The van der Waals surface area contributed by atoms with Gasteiger partial charge in [-0.25, -0.2) is 13.4 Å². The van der Waals surface area contributed by atoms with E-state index in [1.165, 1.54) is 0 Å². The molecule has 1 aliphatic rings. The predicted octanol–water partition coefficient (Wildman–Crippen LogP) is 2.03. The van der Waals surface area contributed by atoms with Gasteiger partial charge in [-0.05, 0) is 17.7 Å². The Labute approximate surface area is 117 Å². The smallest absolute Gasteiger partial charge is 0.213 e. The summed E-state index contributed by atoms with van der Waals surface area (Å²) in [7, 11) is -1.64. The maximum atomic E-state index is 12.1.